The first-order chi connectivity index (χ1) is 7.40. The number of piperazine rings is 1. The molecule has 0 unspecified atom stereocenters. The molecule has 1 saturated heterocycles. The van der Waals surface area contributed by atoms with E-state index in [1.54, 1.807) is 6.08 Å². The van der Waals surface area contributed by atoms with Gasteiger partial charge < -0.3 is 10.2 Å². The van der Waals surface area contributed by atoms with Crippen LogP contribution in [0.1, 0.15) is 6.42 Å². The zero-order valence-electron chi connectivity index (χ0n) is 8.52. The van der Waals surface area contributed by atoms with E-state index < -0.39 is 0 Å². The van der Waals surface area contributed by atoms with Gasteiger partial charge in [-0.2, -0.15) is 0 Å². The summed E-state index contributed by atoms with van der Waals surface area (Å²) < 4.78 is 0. The molecule has 0 radical (unpaired) electrons. The lowest BCUT2D eigenvalue weighted by Crippen LogP contribution is -2.46. The molecule has 0 saturated carbocycles. The van der Waals surface area contributed by atoms with Crippen LogP contribution in [0.5, 0.6) is 0 Å². The maximum absolute atomic E-state index is 10.3. The van der Waals surface area contributed by atoms with Crippen LogP contribution in [0.3, 0.4) is 0 Å². The first kappa shape index (κ1) is 10.0. The molecule has 0 aromatic heterocycles. The number of hydrogen-bond acceptors (Lipinski definition) is 5. The molecule has 5 heteroatoms. The second-order valence-corrected chi connectivity index (χ2v) is 3.53. The average Bonchev–Trinajstić information content (AvgIpc) is 2.55. The highest BCUT2D eigenvalue weighted by atomic mass is 16.3. The molecule has 2 aliphatic rings. The summed E-state index contributed by atoms with van der Waals surface area (Å²) in [5.41, 5.74) is 0.389. The highest BCUT2D eigenvalue weighted by Crippen LogP contribution is 2.09. The maximum atomic E-state index is 10.3. The van der Waals surface area contributed by atoms with E-state index in [1.165, 1.54) is 6.20 Å². The van der Waals surface area contributed by atoms with Crippen LogP contribution in [0.4, 0.5) is 0 Å². The standard InChI is InChI=1S/C10H14N4O/c15-13-9-2-1-3-10(12-8-9)14-6-4-11-5-7-14/h1-2,8,11H,3-7H2. The van der Waals surface area contributed by atoms with Crippen LogP contribution in [-0.2, 0) is 0 Å². The zero-order valence-corrected chi connectivity index (χ0v) is 8.52. The Morgan fingerprint density at radius 3 is 2.93 bits per heavy atom. The molecule has 15 heavy (non-hydrogen) atoms. The SMILES string of the molecule is O=NC1=CN=C(N2CCNCC2)CC=C1. The maximum Gasteiger partial charge on any atom is 0.125 e. The fourth-order valence-electron chi connectivity index (χ4n) is 1.71. The molecule has 0 bridgehead atoms. The molecule has 0 atom stereocenters. The van der Waals surface area contributed by atoms with Gasteiger partial charge in [-0.1, -0.05) is 6.08 Å². The molecular weight excluding hydrogens is 192 g/mol. The van der Waals surface area contributed by atoms with Gasteiger partial charge >= 0.3 is 0 Å². The number of rotatable bonds is 1. The van der Waals surface area contributed by atoms with Crippen LogP contribution in [0, 0.1) is 4.91 Å². The first-order valence-corrected chi connectivity index (χ1v) is 5.12. The quantitative estimate of drug-likeness (QED) is 0.647. The Balaban J connectivity index is 2.09. The van der Waals surface area contributed by atoms with Gasteiger partial charge in [-0.15, -0.1) is 4.91 Å². The molecule has 0 aliphatic carbocycles. The number of nitrogens with one attached hydrogen (secondary N) is 1. The Morgan fingerprint density at radius 1 is 1.40 bits per heavy atom. The topological polar surface area (TPSA) is 57.1 Å². The molecule has 0 amide bonds. The Bertz CT molecular complexity index is 326. The van der Waals surface area contributed by atoms with Gasteiger partial charge in [0.2, 0.25) is 0 Å². The number of allylic oxidation sites excluding steroid dienone is 1. The van der Waals surface area contributed by atoms with E-state index in [-0.39, 0.29) is 0 Å². The van der Waals surface area contributed by atoms with Crippen molar-refractivity contribution in [2.45, 2.75) is 6.42 Å². The van der Waals surface area contributed by atoms with Crippen LogP contribution in [0.2, 0.25) is 0 Å². The van der Waals surface area contributed by atoms with Crippen LogP contribution >= 0.6 is 0 Å². The smallest absolute Gasteiger partial charge is 0.125 e. The predicted molar refractivity (Wildman–Crippen MR) is 59.5 cm³/mol. The Hall–Kier alpha value is -1.49. The first-order valence-electron chi connectivity index (χ1n) is 5.12. The minimum Gasteiger partial charge on any atom is -0.357 e. The lowest BCUT2D eigenvalue weighted by molar-refractivity contribution is 0.353. The molecule has 2 aliphatic heterocycles. The molecule has 2 rings (SSSR count). The number of nitrogens with zero attached hydrogens (tertiary/aromatic N) is 3. The molecule has 5 nitrogen and oxygen atoms in total. The van der Waals surface area contributed by atoms with E-state index in [0.717, 1.165) is 38.4 Å². The van der Waals surface area contributed by atoms with E-state index in [4.69, 9.17) is 0 Å². The average molecular weight is 206 g/mol. The van der Waals surface area contributed by atoms with Gasteiger partial charge in [-0.25, -0.2) is 4.99 Å². The highest BCUT2D eigenvalue weighted by Gasteiger charge is 2.13. The van der Waals surface area contributed by atoms with E-state index in [9.17, 15) is 4.91 Å². The predicted octanol–water partition coefficient (Wildman–Crippen LogP) is 0.858. The third kappa shape index (κ3) is 2.50. The normalized spacial score (nSPS) is 21.7. The lowest BCUT2D eigenvalue weighted by atomic mass is 10.3. The van der Waals surface area contributed by atoms with Crippen molar-refractivity contribution in [1.82, 2.24) is 10.2 Å². The third-order valence-corrected chi connectivity index (χ3v) is 2.52. The van der Waals surface area contributed by atoms with Crippen molar-refractivity contribution in [3.8, 4) is 0 Å². The second kappa shape index (κ2) is 4.84. The lowest BCUT2D eigenvalue weighted by Gasteiger charge is -2.29. The highest BCUT2D eigenvalue weighted by molar-refractivity contribution is 5.84. The second-order valence-electron chi connectivity index (χ2n) is 3.53. The van der Waals surface area contributed by atoms with Gasteiger partial charge in [0, 0.05) is 32.6 Å². The fraction of sp³-hybridized carbons (Fsp3) is 0.500. The largest absolute Gasteiger partial charge is 0.357 e. The fourth-order valence-corrected chi connectivity index (χ4v) is 1.71. The molecule has 1 N–H and O–H groups in total. The number of amidine groups is 1. The summed E-state index contributed by atoms with van der Waals surface area (Å²) in [6.45, 7) is 3.94. The van der Waals surface area contributed by atoms with Gasteiger partial charge in [0.1, 0.15) is 11.5 Å². The van der Waals surface area contributed by atoms with Crippen molar-refractivity contribution in [1.29, 1.82) is 0 Å². The van der Waals surface area contributed by atoms with Crippen LogP contribution < -0.4 is 5.32 Å². The van der Waals surface area contributed by atoms with Crippen molar-refractivity contribution in [3.05, 3.63) is 29.0 Å². The number of nitroso groups, excluding NO2 is 1. The summed E-state index contributed by atoms with van der Waals surface area (Å²) in [6, 6.07) is 0. The summed E-state index contributed by atoms with van der Waals surface area (Å²) in [7, 11) is 0. The van der Waals surface area contributed by atoms with Gasteiger partial charge in [0.25, 0.3) is 0 Å². The summed E-state index contributed by atoms with van der Waals surface area (Å²) in [4.78, 5) is 16.9. The molecule has 0 spiro atoms. The number of aliphatic imine (C=N–C) groups is 1. The van der Waals surface area contributed by atoms with Crippen molar-refractivity contribution in [2.75, 3.05) is 26.2 Å². The molecular formula is C10H14N4O. The van der Waals surface area contributed by atoms with Crippen LogP contribution in [0.25, 0.3) is 0 Å². The molecule has 0 aromatic carbocycles. The van der Waals surface area contributed by atoms with Gasteiger partial charge in [0.05, 0.1) is 6.20 Å². The summed E-state index contributed by atoms with van der Waals surface area (Å²) in [5, 5.41) is 6.16. The van der Waals surface area contributed by atoms with Gasteiger partial charge in [-0.05, 0) is 11.3 Å². The number of hydrogen-bond donors (Lipinski definition) is 1. The van der Waals surface area contributed by atoms with Crippen molar-refractivity contribution >= 4 is 5.84 Å². The van der Waals surface area contributed by atoms with E-state index in [1.807, 2.05) is 6.08 Å². The molecule has 1 fully saturated rings. The Labute approximate surface area is 88.5 Å². The van der Waals surface area contributed by atoms with E-state index in [0.29, 0.717) is 5.70 Å². The van der Waals surface area contributed by atoms with Gasteiger partial charge in [0.15, 0.2) is 0 Å². The van der Waals surface area contributed by atoms with Crippen molar-refractivity contribution < 1.29 is 0 Å². The van der Waals surface area contributed by atoms with E-state index in [2.05, 4.69) is 20.4 Å². The molecule has 80 valence electrons. The summed E-state index contributed by atoms with van der Waals surface area (Å²) >= 11 is 0. The van der Waals surface area contributed by atoms with Crippen LogP contribution in [-0.4, -0.2) is 36.9 Å². The molecule has 0 aromatic rings. The van der Waals surface area contributed by atoms with Crippen LogP contribution in [0.15, 0.2) is 34.2 Å². The van der Waals surface area contributed by atoms with Gasteiger partial charge in [-0.3, -0.25) is 0 Å². The Morgan fingerprint density at radius 2 is 2.20 bits per heavy atom. The summed E-state index contributed by atoms with van der Waals surface area (Å²) in [5.74, 6) is 1.02. The Kier molecular flexibility index (Phi) is 3.24. The molecule has 2 heterocycles. The van der Waals surface area contributed by atoms with E-state index >= 15 is 0 Å². The zero-order chi connectivity index (χ0) is 10.5. The summed E-state index contributed by atoms with van der Waals surface area (Å²) in [6.07, 6.45) is 5.95. The monoisotopic (exact) mass is 206 g/mol. The minimum absolute atomic E-state index is 0.389. The minimum atomic E-state index is 0.389. The van der Waals surface area contributed by atoms with Crippen molar-refractivity contribution in [2.24, 2.45) is 10.2 Å². The third-order valence-electron chi connectivity index (χ3n) is 2.52. The van der Waals surface area contributed by atoms with Crippen molar-refractivity contribution in [3.63, 3.8) is 0 Å².